The third-order valence-corrected chi connectivity index (χ3v) is 3.13. The van der Waals surface area contributed by atoms with Crippen molar-refractivity contribution in [2.45, 2.75) is 19.3 Å². The van der Waals surface area contributed by atoms with Crippen molar-refractivity contribution < 1.29 is 9.53 Å². The highest BCUT2D eigenvalue weighted by Crippen LogP contribution is 2.32. The lowest BCUT2D eigenvalue weighted by molar-refractivity contribution is -0.120. The van der Waals surface area contributed by atoms with Gasteiger partial charge in [0.05, 0.1) is 11.4 Å². The molecule has 3 N–H and O–H groups in total. The Labute approximate surface area is 111 Å². The van der Waals surface area contributed by atoms with E-state index in [1.54, 1.807) is 18.2 Å². The van der Waals surface area contributed by atoms with Gasteiger partial charge in [0.15, 0.2) is 0 Å². The van der Waals surface area contributed by atoms with Gasteiger partial charge in [-0.05, 0) is 30.5 Å². The van der Waals surface area contributed by atoms with E-state index in [0.717, 1.165) is 12.3 Å². The molecule has 0 aliphatic heterocycles. The van der Waals surface area contributed by atoms with Crippen molar-refractivity contribution in [2.24, 2.45) is 5.92 Å². The number of nitrogen functional groups attached to an aromatic ring is 1. The van der Waals surface area contributed by atoms with Gasteiger partial charge in [-0.3, -0.25) is 4.79 Å². The second kappa shape index (κ2) is 6.07. The first-order valence-corrected chi connectivity index (χ1v) is 6.45. The largest absolute Gasteiger partial charge is 0.397 e. The van der Waals surface area contributed by atoms with Gasteiger partial charge in [0, 0.05) is 11.6 Å². The van der Waals surface area contributed by atoms with Crippen molar-refractivity contribution in [3.05, 3.63) is 23.2 Å². The second-order valence-electron chi connectivity index (χ2n) is 4.56. The lowest BCUT2D eigenvalue weighted by Crippen LogP contribution is -2.19. The third kappa shape index (κ3) is 4.20. The maximum Gasteiger partial charge on any atom is 0.250 e. The number of amides is 1. The fourth-order valence-corrected chi connectivity index (χ4v) is 1.82. The highest BCUT2D eigenvalue weighted by Gasteiger charge is 2.20. The number of rotatable bonds is 6. The van der Waals surface area contributed by atoms with Crippen LogP contribution in [0, 0.1) is 5.92 Å². The summed E-state index contributed by atoms with van der Waals surface area (Å²) < 4.78 is 5.30. The molecular formula is C13H17ClN2O2. The molecular weight excluding hydrogens is 252 g/mol. The monoisotopic (exact) mass is 268 g/mol. The van der Waals surface area contributed by atoms with Gasteiger partial charge in [-0.2, -0.15) is 0 Å². The maximum atomic E-state index is 11.6. The van der Waals surface area contributed by atoms with Crippen LogP contribution in [-0.2, 0) is 9.53 Å². The zero-order valence-electron chi connectivity index (χ0n) is 10.1. The molecule has 0 atom stereocenters. The predicted molar refractivity (Wildman–Crippen MR) is 72.7 cm³/mol. The van der Waals surface area contributed by atoms with Crippen LogP contribution in [0.3, 0.4) is 0 Å². The summed E-state index contributed by atoms with van der Waals surface area (Å²) in [5.41, 5.74) is 6.74. The first kappa shape index (κ1) is 13.2. The van der Waals surface area contributed by atoms with Gasteiger partial charge in [-0.1, -0.05) is 24.4 Å². The summed E-state index contributed by atoms with van der Waals surface area (Å²) >= 11 is 5.83. The molecule has 98 valence electrons. The van der Waals surface area contributed by atoms with Gasteiger partial charge in [0.1, 0.15) is 6.61 Å². The van der Waals surface area contributed by atoms with E-state index in [0.29, 0.717) is 23.0 Å². The molecule has 1 amide bonds. The standard InChI is InChI=1S/C13H17ClN2O2/c14-10-3-4-11(15)12(7-10)16-13(17)8-18-6-5-9-1-2-9/h3-4,7,9H,1-2,5-6,8,15H2,(H,16,17). The molecule has 0 aromatic heterocycles. The Balaban J connectivity index is 1.73. The van der Waals surface area contributed by atoms with Crippen LogP contribution in [0.25, 0.3) is 0 Å². The Kier molecular flexibility index (Phi) is 4.44. The van der Waals surface area contributed by atoms with Crippen molar-refractivity contribution in [1.29, 1.82) is 0 Å². The molecule has 1 aromatic rings. The number of benzene rings is 1. The van der Waals surface area contributed by atoms with Gasteiger partial charge in [0.2, 0.25) is 5.91 Å². The van der Waals surface area contributed by atoms with E-state index >= 15 is 0 Å². The van der Waals surface area contributed by atoms with Gasteiger partial charge in [-0.15, -0.1) is 0 Å². The number of anilines is 2. The number of carbonyl (C=O) groups excluding carboxylic acids is 1. The fraction of sp³-hybridized carbons (Fsp3) is 0.462. The van der Waals surface area contributed by atoms with Crippen LogP contribution in [0.5, 0.6) is 0 Å². The zero-order chi connectivity index (χ0) is 13.0. The zero-order valence-corrected chi connectivity index (χ0v) is 10.9. The number of nitrogens with one attached hydrogen (secondary N) is 1. The maximum absolute atomic E-state index is 11.6. The van der Waals surface area contributed by atoms with E-state index < -0.39 is 0 Å². The quantitative estimate of drug-likeness (QED) is 0.616. The van der Waals surface area contributed by atoms with Crippen LogP contribution in [0.4, 0.5) is 11.4 Å². The molecule has 1 aliphatic carbocycles. The molecule has 5 heteroatoms. The summed E-state index contributed by atoms with van der Waals surface area (Å²) in [6.45, 7) is 0.696. The van der Waals surface area contributed by atoms with E-state index in [4.69, 9.17) is 22.1 Å². The molecule has 18 heavy (non-hydrogen) atoms. The molecule has 2 rings (SSSR count). The normalized spacial score (nSPS) is 14.5. The summed E-state index contributed by atoms with van der Waals surface area (Å²) in [7, 11) is 0. The number of ether oxygens (including phenoxy) is 1. The minimum atomic E-state index is -0.209. The molecule has 0 heterocycles. The molecule has 0 radical (unpaired) electrons. The van der Waals surface area contributed by atoms with Gasteiger partial charge in [-0.25, -0.2) is 0 Å². The molecule has 1 fully saturated rings. The number of nitrogens with two attached hydrogens (primary N) is 1. The minimum Gasteiger partial charge on any atom is -0.397 e. The third-order valence-electron chi connectivity index (χ3n) is 2.89. The summed E-state index contributed by atoms with van der Waals surface area (Å²) in [5.74, 6) is 0.608. The van der Waals surface area contributed by atoms with Crippen LogP contribution in [0.15, 0.2) is 18.2 Å². The topological polar surface area (TPSA) is 64.3 Å². The van der Waals surface area contributed by atoms with Crippen molar-refractivity contribution in [3.63, 3.8) is 0 Å². The summed E-state index contributed by atoms with van der Waals surface area (Å²) in [4.78, 5) is 11.6. The molecule has 0 saturated heterocycles. The van der Waals surface area contributed by atoms with Crippen LogP contribution in [0.2, 0.25) is 5.02 Å². The lowest BCUT2D eigenvalue weighted by atomic mass is 10.2. The molecule has 1 saturated carbocycles. The van der Waals surface area contributed by atoms with Gasteiger partial charge >= 0.3 is 0 Å². The van der Waals surface area contributed by atoms with E-state index in [-0.39, 0.29) is 12.5 Å². The number of halogens is 1. The average Bonchev–Trinajstić information content (AvgIpc) is 3.13. The van der Waals surface area contributed by atoms with Crippen LogP contribution < -0.4 is 11.1 Å². The second-order valence-corrected chi connectivity index (χ2v) is 5.00. The SMILES string of the molecule is Nc1ccc(Cl)cc1NC(=O)COCCC1CC1. The van der Waals surface area contributed by atoms with Crippen molar-refractivity contribution >= 4 is 28.9 Å². The highest BCUT2D eigenvalue weighted by atomic mass is 35.5. The smallest absolute Gasteiger partial charge is 0.250 e. The number of carbonyl (C=O) groups is 1. The summed E-state index contributed by atoms with van der Waals surface area (Å²) in [5, 5.41) is 3.22. The Hall–Kier alpha value is -1.26. The van der Waals surface area contributed by atoms with Crippen molar-refractivity contribution in [3.8, 4) is 0 Å². The lowest BCUT2D eigenvalue weighted by Gasteiger charge is -2.09. The molecule has 1 aliphatic rings. The molecule has 0 spiro atoms. The van der Waals surface area contributed by atoms with Crippen LogP contribution >= 0.6 is 11.6 Å². The van der Waals surface area contributed by atoms with Gasteiger partial charge < -0.3 is 15.8 Å². The Morgan fingerprint density at radius 3 is 3.00 bits per heavy atom. The Morgan fingerprint density at radius 1 is 1.50 bits per heavy atom. The van der Waals surface area contributed by atoms with E-state index in [2.05, 4.69) is 5.32 Å². The Morgan fingerprint density at radius 2 is 2.28 bits per heavy atom. The van der Waals surface area contributed by atoms with E-state index in [1.807, 2.05) is 0 Å². The first-order valence-electron chi connectivity index (χ1n) is 6.08. The average molecular weight is 269 g/mol. The summed E-state index contributed by atoms with van der Waals surface area (Å²) in [6, 6.07) is 4.96. The van der Waals surface area contributed by atoms with Gasteiger partial charge in [0.25, 0.3) is 0 Å². The fourth-order valence-electron chi connectivity index (χ4n) is 1.64. The predicted octanol–water partition coefficient (Wildman–Crippen LogP) is 2.68. The first-order chi connectivity index (χ1) is 8.65. The van der Waals surface area contributed by atoms with E-state index in [1.165, 1.54) is 12.8 Å². The van der Waals surface area contributed by atoms with E-state index in [9.17, 15) is 4.79 Å². The Bertz CT molecular complexity index is 433. The van der Waals surface area contributed by atoms with Crippen molar-refractivity contribution in [2.75, 3.05) is 24.3 Å². The summed E-state index contributed by atoms with van der Waals surface area (Å²) in [6.07, 6.45) is 3.65. The van der Waals surface area contributed by atoms with Crippen LogP contribution in [0.1, 0.15) is 19.3 Å². The molecule has 1 aromatic carbocycles. The molecule has 0 bridgehead atoms. The van der Waals surface area contributed by atoms with Crippen LogP contribution in [-0.4, -0.2) is 19.1 Å². The minimum absolute atomic E-state index is 0.0542. The number of hydrogen-bond donors (Lipinski definition) is 2. The molecule has 0 unspecified atom stereocenters. The van der Waals surface area contributed by atoms with Crippen molar-refractivity contribution in [1.82, 2.24) is 0 Å². The highest BCUT2D eigenvalue weighted by molar-refractivity contribution is 6.31. The number of hydrogen-bond acceptors (Lipinski definition) is 3. The molecule has 4 nitrogen and oxygen atoms in total.